The zero-order valence-electron chi connectivity index (χ0n) is 15.4. The number of hydrogen-bond donors (Lipinski definition) is 3. The summed E-state index contributed by atoms with van der Waals surface area (Å²) in [6.45, 7) is 3.65. The number of carbonyl (C=O) groups is 3. The molecule has 3 N–H and O–H groups in total. The van der Waals surface area contributed by atoms with E-state index in [1.807, 2.05) is 19.1 Å². The molecule has 0 heterocycles. The van der Waals surface area contributed by atoms with E-state index >= 15 is 0 Å². The molecule has 1 aromatic carbocycles. The van der Waals surface area contributed by atoms with Gasteiger partial charge in [-0.25, -0.2) is 4.79 Å². The number of carboxylic acids is 1. The van der Waals surface area contributed by atoms with Crippen LogP contribution in [-0.2, 0) is 9.59 Å². The number of phenolic OH excluding ortho intramolecular Hbond substituents is 2. The van der Waals surface area contributed by atoms with Crippen molar-refractivity contribution in [2.24, 2.45) is 0 Å². The molecular formula is C21H24O6. The van der Waals surface area contributed by atoms with Crippen molar-refractivity contribution in [3.63, 3.8) is 0 Å². The number of rotatable bonds is 10. The highest BCUT2D eigenvalue weighted by atomic mass is 16.4. The highest BCUT2D eigenvalue weighted by molar-refractivity contribution is 6.10. The number of benzene rings is 1. The van der Waals surface area contributed by atoms with Crippen molar-refractivity contribution in [3.8, 4) is 11.5 Å². The van der Waals surface area contributed by atoms with Crippen LogP contribution in [0.3, 0.4) is 0 Å². The SMILES string of the molecule is CC(C=O)=CCCC(C)=CCCC(=CC(=O)c1cc(O)ccc1O)C(=O)O. The van der Waals surface area contributed by atoms with Crippen molar-refractivity contribution in [3.05, 3.63) is 58.7 Å². The molecule has 6 nitrogen and oxygen atoms in total. The average Bonchev–Trinajstić information content (AvgIpc) is 2.62. The Hall–Kier alpha value is -3.15. The maximum Gasteiger partial charge on any atom is 0.331 e. The predicted molar refractivity (Wildman–Crippen MR) is 102 cm³/mol. The summed E-state index contributed by atoms with van der Waals surface area (Å²) < 4.78 is 0. The first-order chi connectivity index (χ1) is 12.7. The molecule has 0 aliphatic rings. The van der Waals surface area contributed by atoms with Crippen molar-refractivity contribution >= 4 is 18.0 Å². The van der Waals surface area contributed by atoms with Gasteiger partial charge in [-0.3, -0.25) is 9.59 Å². The van der Waals surface area contributed by atoms with E-state index in [4.69, 9.17) is 0 Å². The standard InChI is InChI=1S/C21H24O6/c1-14(5-3-7-15(2)13-22)6-4-8-16(21(26)27)11-20(25)18-12-17(23)9-10-19(18)24/h6-7,9-13,23-24H,3-5,8H2,1-2H3,(H,26,27). The number of phenols is 2. The van der Waals surface area contributed by atoms with Crippen LogP contribution < -0.4 is 0 Å². The molecule has 0 atom stereocenters. The third-order valence-corrected chi connectivity index (χ3v) is 3.92. The van der Waals surface area contributed by atoms with Crippen molar-refractivity contribution in [2.45, 2.75) is 39.5 Å². The van der Waals surface area contributed by atoms with Crippen molar-refractivity contribution in [1.29, 1.82) is 0 Å². The van der Waals surface area contributed by atoms with Crippen LogP contribution in [0.2, 0.25) is 0 Å². The van der Waals surface area contributed by atoms with Gasteiger partial charge in [0.05, 0.1) is 5.56 Å². The van der Waals surface area contributed by atoms with Crippen LogP contribution in [0.5, 0.6) is 11.5 Å². The lowest BCUT2D eigenvalue weighted by Gasteiger charge is -2.04. The van der Waals surface area contributed by atoms with E-state index in [1.165, 1.54) is 12.1 Å². The first kappa shape index (κ1) is 21.9. The molecule has 0 radical (unpaired) electrons. The van der Waals surface area contributed by atoms with Crippen LogP contribution in [0, 0.1) is 0 Å². The number of carboxylic acid groups (broad SMARTS) is 1. The minimum atomic E-state index is -1.21. The van der Waals surface area contributed by atoms with Gasteiger partial charge in [0.1, 0.15) is 17.8 Å². The molecule has 0 spiro atoms. The number of carbonyl (C=O) groups excluding carboxylic acids is 2. The highest BCUT2D eigenvalue weighted by Gasteiger charge is 2.14. The lowest BCUT2D eigenvalue weighted by molar-refractivity contribution is -0.132. The summed E-state index contributed by atoms with van der Waals surface area (Å²) in [6, 6.07) is 3.49. The van der Waals surface area contributed by atoms with Gasteiger partial charge in [0.15, 0.2) is 5.78 Å². The molecule has 0 saturated heterocycles. The Labute approximate surface area is 158 Å². The number of allylic oxidation sites excluding steroid dienone is 5. The number of hydrogen-bond acceptors (Lipinski definition) is 5. The van der Waals surface area contributed by atoms with Gasteiger partial charge < -0.3 is 15.3 Å². The summed E-state index contributed by atoms with van der Waals surface area (Å²) in [7, 11) is 0. The fraction of sp³-hybridized carbons (Fsp3) is 0.286. The van der Waals surface area contributed by atoms with Gasteiger partial charge in [0.2, 0.25) is 0 Å². The number of aldehydes is 1. The van der Waals surface area contributed by atoms with Gasteiger partial charge >= 0.3 is 5.97 Å². The monoisotopic (exact) mass is 372 g/mol. The Morgan fingerprint density at radius 2 is 1.70 bits per heavy atom. The topological polar surface area (TPSA) is 112 Å². The maximum atomic E-state index is 12.2. The summed E-state index contributed by atoms with van der Waals surface area (Å²) >= 11 is 0. The van der Waals surface area contributed by atoms with Gasteiger partial charge in [-0.1, -0.05) is 17.7 Å². The molecule has 0 unspecified atom stereocenters. The number of aliphatic carboxylic acids is 1. The molecule has 27 heavy (non-hydrogen) atoms. The van der Waals surface area contributed by atoms with E-state index in [0.717, 1.165) is 36.8 Å². The predicted octanol–water partition coefficient (Wildman–Crippen LogP) is 3.94. The molecular weight excluding hydrogens is 348 g/mol. The first-order valence-corrected chi connectivity index (χ1v) is 8.52. The second kappa shape index (κ2) is 10.8. The van der Waals surface area contributed by atoms with Crippen LogP contribution in [0.15, 0.2) is 53.1 Å². The Kier molecular flexibility index (Phi) is 8.72. The van der Waals surface area contributed by atoms with E-state index in [9.17, 15) is 29.7 Å². The van der Waals surface area contributed by atoms with Gasteiger partial charge in [0.25, 0.3) is 0 Å². The molecule has 0 saturated carbocycles. The normalized spacial score (nSPS) is 12.7. The van der Waals surface area contributed by atoms with Crippen LogP contribution in [-0.4, -0.2) is 33.4 Å². The fourth-order valence-corrected chi connectivity index (χ4v) is 2.35. The Balaban J connectivity index is 2.76. The van der Waals surface area contributed by atoms with E-state index < -0.39 is 11.8 Å². The van der Waals surface area contributed by atoms with Gasteiger partial charge in [-0.05, 0) is 69.4 Å². The van der Waals surface area contributed by atoms with E-state index in [0.29, 0.717) is 12.0 Å². The van der Waals surface area contributed by atoms with Gasteiger partial charge in [-0.2, -0.15) is 0 Å². The molecule has 0 aromatic heterocycles. The van der Waals surface area contributed by atoms with Crippen LogP contribution in [0.4, 0.5) is 0 Å². The van der Waals surface area contributed by atoms with Crippen molar-refractivity contribution in [2.75, 3.05) is 0 Å². The Morgan fingerprint density at radius 3 is 2.33 bits per heavy atom. The zero-order chi connectivity index (χ0) is 20.4. The zero-order valence-corrected chi connectivity index (χ0v) is 15.4. The smallest absolute Gasteiger partial charge is 0.331 e. The molecule has 144 valence electrons. The first-order valence-electron chi connectivity index (χ1n) is 8.52. The molecule has 0 fully saturated rings. The average molecular weight is 372 g/mol. The third-order valence-electron chi connectivity index (χ3n) is 3.92. The Bertz CT molecular complexity index is 799. The number of aromatic hydroxyl groups is 2. The summed E-state index contributed by atoms with van der Waals surface area (Å²) in [6.07, 6.45) is 7.59. The summed E-state index contributed by atoms with van der Waals surface area (Å²) in [5.74, 6) is -2.42. The van der Waals surface area contributed by atoms with E-state index in [-0.39, 0.29) is 29.1 Å². The quantitative estimate of drug-likeness (QED) is 0.188. The molecule has 0 aliphatic heterocycles. The van der Waals surface area contributed by atoms with Crippen LogP contribution in [0.25, 0.3) is 0 Å². The summed E-state index contributed by atoms with van der Waals surface area (Å²) in [5.41, 5.74) is 1.50. The third kappa shape index (κ3) is 7.73. The summed E-state index contributed by atoms with van der Waals surface area (Å²) in [4.78, 5) is 34.1. The van der Waals surface area contributed by atoms with Crippen molar-refractivity contribution in [1.82, 2.24) is 0 Å². The van der Waals surface area contributed by atoms with Crippen molar-refractivity contribution < 1.29 is 29.7 Å². The lowest BCUT2D eigenvalue weighted by Crippen LogP contribution is -2.05. The molecule has 1 aromatic rings. The van der Waals surface area contributed by atoms with Gasteiger partial charge in [-0.15, -0.1) is 0 Å². The minimum Gasteiger partial charge on any atom is -0.508 e. The Morgan fingerprint density at radius 1 is 1.04 bits per heavy atom. The highest BCUT2D eigenvalue weighted by Crippen LogP contribution is 2.23. The van der Waals surface area contributed by atoms with E-state index in [1.54, 1.807) is 6.92 Å². The molecule has 6 heteroatoms. The second-order valence-corrected chi connectivity index (χ2v) is 6.23. The van der Waals surface area contributed by atoms with Gasteiger partial charge in [0, 0.05) is 5.57 Å². The largest absolute Gasteiger partial charge is 0.508 e. The number of ketones is 1. The molecule has 0 bridgehead atoms. The molecule has 0 amide bonds. The molecule has 1 rings (SSSR count). The minimum absolute atomic E-state index is 0.0801. The van der Waals surface area contributed by atoms with Crippen LogP contribution >= 0.6 is 0 Å². The van der Waals surface area contributed by atoms with E-state index in [2.05, 4.69) is 0 Å². The second-order valence-electron chi connectivity index (χ2n) is 6.23. The summed E-state index contributed by atoms with van der Waals surface area (Å²) in [5, 5.41) is 28.4. The van der Waals surface area contributed by atoms with Crippen LogP contribution in [0.1, 0.15) is 49.9 Å². The fourth-order valence-electron chi connectivity index (χ4n) is 2.35. The molecule has 0 aliphatic carbocycles. The lowest BCUT2D eigenvalue weighted by atomic mass is 10.0. The maximum absolute atomic E-state index is 12.2.